The number of aromatic nitrogens is 3. The van der Waals surface area contributed by atoms with Gasteiger partial charge in [-0.25, -0.2) is 8.42 Å². The topological polar surface area (TPSA) is 104 Å². The summed E-state index contributed by atoms with van der Waals surface area (Å²) in [6.07, 6.45) is 4.82. The van der Waals surface area contributed by atoms with Gasteiger partial charge in [-0.05, 0) is 31.9 Å². The summed E-state index contributed by atoms with van der Waals surface area (Å²) in [4.78, 5) is 12.5. The van der Waals surface area contributed by atoms with Gasteiger partial charge < -0.3 is 9.47 Å². The van der Waals surface area contributed by atoms with Crippen molar-refractivity contribution in [2.24, 2.45) is 0 Å². The third-order valence-electron chi connectivity index (χ3n) is 6.43. The Balaban J connectivity index is 1.49. The van der Waals surface area contributed by atoms with Crippen LogP contribution >= 0.6 is 11.8 Å². The molecule has 9 nitrogen and oxygen atoms in total. The van der Waals surface area contributed by atoms with E-state index in [1.807, 2.05) is 13.0 Å². The molecule has 0 spiro atoms. The maximum Gasteiger partial charge on any atom is 0.319 e. The number of benzene rings is 1. The van der Waals surface area contributed by atoms with Crippen LogP contribution in [-0.4, -0.2) is 71.1 Å². The summed E-state index contributed by atoms with van der Waals surface area (Å²) in [5.41, 5.74) is 0.706. The average molecular weight is 493 g/mol. The molecular formula is C22H28N4O5S2. The summed E-state index contributed by atoms with van der Waals surface area (Å²) in [6, 6.07) is 7.15. The number of ether oxygens (including phenoxy) is 2. The lowest BCUT2D eigenvalue weighted by molar-refractivity contribution is -0.140. The standard InChI is InChI=1S/C22H28N4O5S2/c1-15-13-19(21(27)31-15)32-22-24-23-20(26(22)17-6-2-3-7-17)16-5-4-8-18(14-16)33(28,29)25-9-11-30-12-10-25/h4-5,8,14-15,17,19H,2-3,6-7,9-13H2,1H3/t15-,19-/m0/s1. The van der Waals surface area contributed by atoms with Gasteiger partial charge in [0.15, 0.2) is 11.0 Å². The molecule has 33 heavy (non-hydrogen) atoms. The third kappa shape index (κ3) is 4.55. The minimum Gasteiger partial charge on any atom is -0.462 e. The normalized spacial score (nSPS) is 24.9. The molecule has 1 aromatic heterocycles. The van der Waals surface area contributed by atoms with Gasteiger partial charge in [0.05, 0.1) is 18.1 Å². The number of morpholine rings is 1. The van der Waals surface area contributed by atoms with Crippen molar-refractivity contribution < 1.29 is 22.7 Å². The van der Waals surface area contributed by atoms with E-state index < -0.39 is 10.0 Å². The maximum atomic E-state index is 13.2. The molecule has 2 aliphatic heterocycles. The van der Waals surface area contributed by atoms with Crippen molar-refractivity contribution >= 4 is 27.8 Å². The van der Waals surface area contributed by atoms with Gasteiger partial charge in [-0.3, -0.25) is 9.36 Å². The van der Waals surface area contributed by atoms with Crippen LogP contribution < -0.4 is 0 Å². The van der Waals surface area contributed by atoms with Crippen LogP contribution in [0.5, 0.6) is 0 Å². The van der Waals surface area contributed by atoms with E-state index in [-0.39, 0.29) is 28.3 Å². The molecule has 1 aromatic carbocycles. The summed E-state index contributed by atoms with van der Waals surface area (Å²) in [5.74, 6) is 0.427. The molecule has 1 aliphatic carbocycles. The van der Waals surface area contributed by atoms with Crippen molar-refractivity contribution in [2.75, 3.05) is 26.3 Å². The van der Waals surface area contributed by atoms with Gasteiger partial charge in [0.2, 0.25) is 10.0 Å². The lowest BCUT2D eigenvalue weighted by atomic mass is 10.2. The number of esters is 1. The van der Waals surface area contributed by atoms with Crippen molar-refractivity contribution in [3.8, 4) is 11.4 Å². The molecule has 5 rings (SSSR count). The first-order valence-electron chi connectivity index (χ1n) is 11.4. The lowest BCUT2D eigenvalue weighted by Gasteiger charge is -2.26. The van der Waals surface area contributed by atoms with Crippen LogP contribution in [0, 0.1) is 0 Å². The van der Waals surface area contributed by atoms with Gasteiger partial charge in [-0.2, -0.15) is 4.31 Å². The van der Waals surface area contributed by atoms with Crippen molar-refractivity contribution in [1.29, 1.82) is 0 Å². The number of carbonyl (C=O) groups is 1. The highest BCUT2D eigenvalue weighted by atomic mass is 32.2. The van der Waals surface area contributed by atoms with E-state index in [9.17, 15) is 13.2 Å². The van der Waals surface area contributed by atoms with Gasteiger partial charge in [-0.1, -0.05) is 36.7 Å². The fourth-order valence-electron chi connectivity index (χ4n) is 4.72. The highest BCUT2D eigenvalue weighted by Crippen LogP contribution is 2.39. The maximum absolute atomic E-state index is 13.2. The molecule has 1 saturated carbocycles. The number of cyclic esters (lactones) is 1. The Morgan fingerprint density at radius 1 is 1.12 bits per heavy atom. The number of nitrogens with zero attached hydrogens (tertiary/aromatic N) is 4. The fraction of sp³-hybridized carbons (Fsp3) is 0.591. The molecule has 3 fully saturated rings. The van der Waals surface area contributed by atoms with E-state index in [4.69, 9.17) is 9.47 Å². The monoisotopic (exact) mass is 492 g/mol. The molecule has 2 atom stereocenters. The third-order valence-corrected chi connectivity index (χ3v) is 9.48. The Labute approximate surface area is 197 Å². The number of rotatable bonds is 6. The van der Waals surface area contributed by atoms with Gasteiger partial charge in [0, 0.05) is 31.1 Å². The average Bonchev–Trinajstić information content (AvgIpc) is 3.55. The van der Waals surface area contributed by atoms with E-state index >= 15 is 0 Å². The van der Waals surface area contributed by atoms with Crippen LogP contribution in [0.1, 0.15) is 45.1 Å². The van der Waals surface area contributed by atoms with Crippen LogP contribution in [0.15, 0.2) is 34.3 Å². The quantitative estimate of drug-likeness (QED) is 0.567. The number of carbonyl (C=O) groups excluding carboxylic acids is 1. The largest absolute Gasteiger partial charge is 0.462 e. The van der Waals surface area contributed by atoms with Crippen LogP contribution in [0.2, 0.25) is 0 Å². The molecule has 2 aromatic rings. The summed E-state index contributed by atoms with van der Waals surface area (Å²) in [7, 11) is -3.62. The first-order chi connectivity index (χ1) is 15.9. The second kappa shape index (κ2) is 9.36. The van der Waals surface area contributed by atoms with Crippen molar-refractivity contribution in [1.82, 2.24) is 19.1 Å². The van der Waals surface area contributed by atoms with Crippen molar-refractivity contribution in [3.63, 3.8) is 0 Å². The summed E-state index contributed by atoms with van der Waals surface area (Å²) in [6.45, 7) is 3.39. The Hall–Kier alpha value is -1.95. The Bertz CT molecular complexity index is 1120. The highest BCUT2D eigenvalue weighted by molar-refractivity contribution is 8.00. The summed E-state index contributed by atoms with van der Waals surface area (Å²) < 4.78 is 40.6. The Morgan fingerprint density at radius 2 is 1.88 bits per heavy atom. The molecule has 2 saturated heterocycles. The first kappa shape index (κ1) is 22.8. The van der Waals surface area contributed by atoms with Crippen molar-refractivity contribution in [2.45, 2.75) is 66.5 Å². The molecule has 0 radical (unpaired) electrons. The molecule has 0 amide bonds. The summed E-state index contributed by atoms with van der Waals surface area (Å²) >= 11 is 1.40. The van der Waals surface area contributed by atoms with Crippen LogP contribution in [0.4, 0.5) is 0 Å². The van der Waals surface area contributed by atoms with Crippen LogP contribution in [0.3, 0.4) is 0 Å². The second-order valence-corrected chi connectivity index (χ2v) is 11.9. The lowest BCUT2D eigenvalue weighted by Crippen LogP contribution is -2.40. The molecular weight excluding hydrogens is 464 g/mol. The number of thioether (sulfide) groups is 1. The fourth-order valence-corrected chi connectivity index (χ4v) is 7.39. The van der Waals surface area contributed by atoms with Gasteiger partial charge in [-0.15, -0.1) is 10.2 Å². The molecule has 0 N–H and O–H groups in total. The van der Waals surface area contributed by atoms with E-state index in [2.05, 4.69) is 14.8 Å². The Morgan fingerprint density at radius 3 is 2.58 bits per heavy atom. The molecule has 3 heterocycles. The van der Waals surface area contributed by atoms with E-state index in [0.29, 0.717) is 49.3 Å². The second-order valence-electron chi connectivity index (χ2n) is 8.75. The molecule has 178 valence electrons. The van der Waals surface area contributed by atoms with Gasteiger partial charge in [0.1, 0.15) is 11.4 Å². The molecule has 3 aliphatic rings. The molecule has 0 unspecified atom stereocenters. The molecule has 11 heteroatoms. The number of hydrogen-bond donors (Lipinski definition) is 0. The first-order valence-corrected chi connectivity index (χ1v) is 13.8. The van der Waals surface area contributed by atoms with Gasteiger partial charge in [0.25, 0.3) is 0 Å². The van der Waals surface area contributed by atoms with Crippen LogP contribution in [-0.2, 0) is 24.3 Å². The Kier molecular flexibility index (Phi) is 6.47. The molecule has 0 bridgehead atoms. The van der Waals surface area contributed by atoms with Crippen LogP contribution in [0.25, 0.3) is 11.4 Å². The minimum atomic E-state index is -3.62. The zero-order valence-corrected chi connectivity index (χ0v) is 20.2. The predicted octanol–water partition coefficient (Wildman–Crippen LogP) is 2.88. The van der Waals surface area contributed by atoms with E-state index in [1.165, 1.54) is 16.1 Å². The zero-order valence-electron chi connectivity index (χ0n) is 18.6. The summed E-state index contributed by atoms with van der Waals surface area (Å²) in [5, 5.41) is 9.29. The SMILES string of the molecule is C[C@H]1C[C@H](Sc2nnc(-c3cccc(S(=O)(=O)N4CCOCC4)c3)n2C2CCCC2)C(=O)O1. The van der Waals surface area contributed by atoms with E-state index in [0.717, 1.165) is 25.7 Å². The highest BCUT2D eigenvalue weighted by Gasteiger charge is 2.36. The smallest absolute Gasteiger partial charge is 0.319 e. The number of hydrogen-bond acceptors (Lipinski definition) is 8. The van der Waals surface area contributed by atoms with Crippen molar-refractivity contribution in [3.05, 3.63) is 24.3 Å². The van der Waals surface area contributed by atoms with Gasteiger partial charge >= 0.3 is 5.97 Å². The minimum absolute atomic E-state index is 0.0978. The zero-order chi connectivity index (χ0) is 23.0. The van der Waals surface area contributed by atoms with E-state index in [1.54, 1.807) is 18.2 Å². The predicted molar refractivity (Wildman–Crippen MR) is 122 cm³/mol. The number of sulfonamides is 1.